The van der Waals surface area contributed by atoms with Crippen LogP contribution in [-0.2, 0) is 0 Å². The van der Waals surface area contributed by atoms with Crippen LogP contribution in [0.5, 0.6) is 0 Å². The summed E-state index contributed by atoms with van der Waals surface area (Å²) in [6, 6.07) is 0. The van der Waals surface area contributed by atoms with Gasteiger partial charge in [0.1, 0.15) is 0 Å². The predicted molar refractivity (Wildman–Crippen MR) is 63.0 cm³/mol. The first kappa shape index (κ1) is 15.8. The van der Waals surface area contributed by atoms with Gasteiger partial charge in [-0.15, -0.1) is 0 Å². The van der Waals surface area contributed by atoms with Gasteiger partial charge in [0.25, 0.3) is 0 Å². The minimum Gasteiger partial charge on any atom is -0.396 e. The zero-order chi connectivity index (χ0) is 12.2. The molecule has 0 heterocycles. The lowest BCUT2D eigenvalue weighted by Crippen LogP contribution is -2.20. The quantitative estimate of drug-likeness (QED) is 0.523. The molecule has 0 aromatic heterocycles. The van der Waals surface area contributed by atoms with Gasteiger partial charge in [-0.3, -0.25) is 0 Å². The molecule has 0 bridgehead atoms. The zero-order valence-electron chi connectivity index (χ0n) is 10.0. The lowest BCUT2D eigenvalue weighted by atomic mass is 9.82. The Kier molecular flexibility index (Phi) is 11.2. The molecule has 1 saturated carbocycles. The summed E-state index contributed by atoms with van der Waals surface area (Å²) in [5, 5.41) is 33.8. The van der Waals surface area contributed by atoms with Crippen LogP contribution in [-0.4, -0.2) is 46.9 Å². The summed E-state index contributed by atoms with van der Waals surface area (Å²) in [6.45, 7) is 0.994. The molecule has 1 aliphatic carbocycles. The Morgan fingerprint density at radius 2 is 1.19 bits per heavy atom. The molecule has 0 radical (unpaired) electrons. The molecule has 0 amide bonds. The molecule has 2 atom stereocenters. The number of unbranched alkanes of at least 4 members (excludes halogenated alkanes) is 1. The third kappa shape index (κ3) is 8.05. The Bertz CT molecular complexity index is 127. The fourth-order valence-corrected chi connectivity index (χ4v) is 1.96. The normalized spacial score (nSPS) is 24.8. The van der Waals surface area contributed by atoms with Crippen molar-refractivity contribution in [3.8, 4) is 0 Å². The number of rotatable bonds is 5. The van der Waals surface area contributed by atoms with E-state index in [1.807, 2.05) is 0 Å². The molecule has 0 aromatic carbocycles. The van der Waals surface area contributed by atoms with Crippen molar-refractivity contribution in [3.05, 3.63) is 0 Å². The second-order valence-corrected chi connectivity index (χ2v) is 4.42. The Labute approximate surface area is 97.9 Å². The van der Waals surface area contributed by atoms with Crippen molar-refractivity contribution in [1.29, 1.82) is 0 Å². The molecular formula is C12H26O4. The van der Waals surface area contributed by atoms with Crippen LogP contribution < -0.4 is 0 Å². The average molecular weight is 234 g/mol. The van der Waals surface area contributed by atoms with E-state index in [4.69, 9.17) is 20.4 Å². The van der Waals surface area contributed by atoms with Crippen molar-refractivity contribution in [1.82, 2.24) is 0 Å². The monoisotopic (exact) mass is 234 g/mol. The maximum Gasteiger partial charge on any atom is 0.0459 e. The van der Waals surface area contributed by atoms with Gasteiger partial charge in [-0.25, -0.2) is 0 Å². The first-order chi connectivity index (χ1) is 7.78. The minimum atomic E-state index is 0.195. The molecule has 4 N–H and O–H groups in total. The van der Waals surface area contributed by atoms with E-state index in [-0.39, 0.29) is 13.2 Å². The molecule has 0 saturated heterocycles. The standard InChI is InChI=1S/C8H16O2.C4H10O2/c9-5-7-2-1-3-8(4-7)6-10;5-3-1-2-4-6/h7-10H,1-6H2;5-6H,1-4H2. The highest BCUT2D eigenvalue weighted by atomic mass is 16.3. The molecule has 0 aromatic rings. The second kappa shape index (κ2) is 11.3. The first-order valence-electron chi connectivity index (χ1n) is 6.21. The zero-order valence-corrected chi connectivity index (χ0v) is 10.0. The number of aliphatic hydroxyl groups excluding tert-OH is 4. The largest absolute Gasteiger partial charge is 0.396 e. The fourth-order valence-electron chi connectivity index (χ4n) is 1.96. The molecule has 0 aliphatic heterocycles. The van der Waals surface area contributed by atoms with Gasteiger partial charge in [-0.05, 0) is 43.9 Å². The Morgan fingerprint density at radius 3 is 1.50 bits per heavy atom. The molecule has 16 heavy (non-hydrogen) atoms. The Morgan fingerprint density at radius 1 is 0.750 bits per heavy atom. The van der Waals surface area contributed by atoms with Crippen LogP contribution in [0.4, 0.5) is 0 Å². The summed E-state index contributed by atoms with van der Waals surface area (Å²) in [5.74, 6) is 0.928. The van der Waals surface area contributed by atoms with Gasteiger partial charge in [0.05, 0.1) is 0 Å². The van der Waals surface area contributed by atoms with Crippen LogP contribution in [0.2, 0.25) is 0 Å². The van der Waals surface area contributed by atoms with Crippen molar-refractivity contribution in [2.75, 3.05) is 26.4 Å². The summed E-state index contributed by atoms with van der Waals surface area (Å²) in [6.07, 6.45) is 5.93. The van der Waals surface area contributed by atoms with E-state index in [1.165, 1.54) is 6.42 Å². The van der Waals surface area contributed by atoms with Gasteiger partial charge >= 0.3 is 0 Å². The molecular weight excluding hydrogens is 208 g/mol. The molecule has 98 valence electrons. The Balaban J connectivity index is 0.000000325. The Hall–Kier alpha value is -0.160. The van der Waals surface area contributed by atoms with Gasteiger partial charge in [0.15, 0.2) is 0 Å². The highest BCUT2D eigenvalue weighted by molar-refractivity contribution is 4.71. The lowest BCUT2D eigenvalue weighted by Gasteiger charge is -2.26. The van der Waals surface area contributed by atoms with E-state index in [0.717, 1.165) is 32.1 Å². The maximum absolute atomic E-state index is 8.82. The molecule has 0 spiro atoms. The molecule has 4 nitrogen and oxygen atoms in total. The van der Waals surface area contributed by atoms with Gasteiger partial charge in [-0.2, -0.15) is 0 Å². The van der Waals surface area contributed by atoms with Crippen molar-refractivity contribution in [3.63, 3.8) is 0 Å². The second-order valence-electron chi connectivity index (χ2n) is 4.42. The van der Waals surface area contributed by atoms with E-state index < -0.39 is 0 Å². The summed E-state index contributed by atoms with van der Waals surface area (Å²) in [5.41, 5.74) is 0. The first-order valence-corrected chi connectivity index (χ1v) is 6.21. The van der Waals surface area contributed by atoms with Gasteiger partial charge in [0.2, 0.25) is 0 Å². The van der Waals surface area contributed by atoms with Crippen molar-refractivity contribution in [2.24, 2.45) is 11.8 Å². The van der Waals surface area contributed by atoms with Gasteiger partial charge < -0.3 is 20.4 Å². The molecule has 4 heteroatoms. The van der Waals surface area contributed by atoms with Crippen LogP contribution in [0.3, 0.4) is 0 Å². The van der Waals surface area contributed by atoms with Crippen LogP contribution in [0.1, 0.15) is 38.5 Å². The SMILES string of the molecule is OCC1CCCC(CO)C1.OCCCCO. The fraction of sp³-hybridized carbons (Fsp3) is 1.00. The predicted octanol–water partition coefficient (Wildman–Crippen LogP) is 0.529. The lowest BCUT2D eigenvalue weighted by molar-refractivity contribution is 0.121. The molecule has 2 unspecified atom stereocenters. The highest BCUT2D eigenvalue weighted by Crippen LogP contribution is 2.27. The average Bonchev–Trinajstić information content (AvgIpc) is 2.37. The van der Waals surface area contributed by atoms with Crippen molar-refractivity contribution < 1.29 is 20.4 Å². The van der Waals surface area contributed by atoms with E-state index >= 15 is 0 Å². The van der Waals surface area contributed by atoms with E-state index in [1.54, 1.807) is 0 Å². The number of aliphatic hydroxyl groups is 4. The summed E-state index contributed by atoms with van der Waals surface area (Å²) in [4.78, 5) is 0. The molecule has 1 aliphatic rings. The van der Waals surface area contributed by atoms with Crippen LogP contribution in [0, 0.1) is 11.8 Å². The van der Waals surface area contributed by atoms with Crippen molar-refractivity contribution in [2.45, 2.75) is 38.5 Å². The number of hydrogen-bond donors (Lipinski definition) is 4. The highest BCUT2D eigenvalue weighted by Gasteiger charge is 2.20. The molecule has 1 rings (SSSR count). The van der Waals surface area contributed by atoms with Crippen LogP contribution >= 0.6 is 0 Å². The third-order valence-electron chi connectivity index (χ3n) is 2.97. The number of hydrogen-bond acceptors (Lipinski definition) is 4. The maximum atomic E-state index is 8.82. The summed E-state index contributed by atoms with van der Waals surface area (Å²) in [7, 11) is 0. The van der Waals surface area contributed by atoms with E-state index in [9.17, 15) is 0 Å². The van der Waals surface area contributed by atoms with Gasteiger partial charge in [-0.1, -0.05) is 6.42 Å². The van der Waals surface area contributed by atoms with E-state index in [0.29, 0.717) is 25.0 Å². The van der Waals surface area contributed by atoms with E-state index in [2.05, 4.69) is 0 Å². The van der Waals surface area contributed by atoms with Gasteiger partial charge in [0, 0.05) is 26.4 Å². The smallest absolute Gasteiger partial charge is 0.0459 e. The minimum absolute atomic E-state index is 0.195. The summed E-state index contributed by atoms with van der Waals surface area (Å²) >= 11 is 0. The third-order valence-corrected chi connectivity index (χ3v) is 2.97. The summed E-state index contributed by atoms with van der Waals surface area (Å²) < 4.78 is 0. The topological polar surface area (TPSA) is 80.9 Å². The van der Waals surface area contributed by atoms with Crippen LogP contribution in [0.25, 0.3) is 0 Å². The molecule has 1 fully saturated rings. The van der Waals surface area contributed by atoms with Crippen LogP contribution in [0.15, 0.2) is 0 Å². The van der Waals surface area contributed by atoms with Crippen molar-refractivity contribution >= 4 is 0 Å².